The van der Waals surface area contributed by atoms with Gasteiger partial charge in [-0.25, -0.2) is 0 Å². The summed E-state index contributed by atoms with van der Waals surface area (Å²) in [6.07, 6.45) is 1.17. The summed E-state index contributed by atoms with van der Waals surface area (Å²) in [5, 5.41) is 10.2. The first-order valence-corrected chi connectivity index (χ1v) is 7.62. The topological polar surface area (TPSA) is 35.9 Å². The second-order valence-corrected chi connectivity index (χ2v) is 5.90. The molecule has 2 saturated heterocycles. The average Bonchev–Trinajstić information content (AvgIpc) is 2.97. The first-order chi connectivity index (χ1) is 9.78. The lowest BCUT2D eigenvalue weighted by molar-refractivity contribution is 0.0209. The maximum atomic E-state index is 9.51. The third-order valence-corrected chi connectivity index (χ3v) is 4.51. The third kappa shape index (κ3) is 2.93. The van der Waals surface area contributed by atoms with E-state index < -0.39 is 0 Å². The second kappa shape index (κ2) is 6.31. The molecular formula is C15H21ClN2O2. The second-order valence-electron chi connectivity index (χ2n) is 5.47. The molecule has 0 amide bonds. The maximum absolute atomic E-state index is 9.51. The van der Waals surface area contributed by atoms with Crippen molar-refractivity contribution >= 4 is 17.3 Å². The van der Waals surface area contributed by atoms with Crippen LogP contribution in [0.1, 0.15) is 12.0 Å². The fourth-order valence-corrected chi connectivity index (χ4v) is 3.39. The van der Waals surface area contributed by atoms with Gasteiger partial charge < -0.3 is 14.7 Å². The summed E-state index contributed by atoms with van der Waals surface area (Å²) in [5.74, 6) is 0. The molecule has 1 atom stereocenters. The lowest BCUT2D eigenvalue weighted by atomic mass is 10.1. The Bertz CT molecular complexity index is 463. The van der Waals surface area contributed by atoms with E-state index in [0.29, 0.717) is 11.1 Å². The minimum Gasteiger partial charge on any atom is -0.392 e. The van der Waals surface area contributed by atoms with Crippen molar-refractivity contribution in [2.24, 2.45) is 0 Å². The Labute approximate surface area is 124 Å². The molecule has 3 rings (SSSR count). The largest absolute Gasteiger partial charge is 0.392 e. The van der Waals surface area contributed by atoms with E-state index in [1.807, 2.05) is 18.2 Å². The van der Waals surface area contributed by atoms with E-state index in [1.54, 1.807) is 0 Å². The van der Waals surface area contributed by atoms with Gasteiger partial charge in [0.05, 0.1) is 19.8 Å². The van der Waals surface area contributed by atoms with E-state index in [2.05, 4.69) is 9.80 Å². The molecule has 1 unspecified atom stereocenters. The predicted molar refractivity (Wildman–Crippen MR) is 80.4 cm³/mol. The molecule has 1 N–H and O–H groups in total. The molecule has 0 spiro atoms. The number of halogens is 1. The number of anilines is 1. The molecule has 0 saturated carbocycles. The maximum Gasteiger partial charge on any atom is 0.0702 e. The van der Waals surface area contributed by atoms with Gasteiger partial charge in [0.1, 0.15) is 0 Å². The Balaban J connectivity index is 1.70. The minimum absolute atomic E-state index is 0.0363. The Morgan fingerprint density at radius 3 is 2.80 bits per heavy atom. The number of nitrogens with zero attached hydrogens (tertiary/aromatic N) is 2. The smallest absolute Gasteiger partial charge is 0.0702 e. The van der Waals surface area contributed by atoms with Crippen LogP contribution < -0.4 is 4.90 Å². The molecule has 2 aliphatic rings. The van der Waals surface area contributed by atoms with Crippen LogP contribution in [0, 0.1) is 0 Å². The lowest BCUT2D eigenvalue weighted by Gasteiger charge is -2.32. The van der Waals surface area contributed by atoms with Crippen molar-refractivity contribution in [3.05, 3.63) is 28.8 Å². The molecule has 2 heterocycles. The van der Waals surface area contributed by atoms with Gasteiger partial charge in [-0.1, -0.05) is 11.6 Å². The van der Waals surface area contributed by atoms with Crippen molar-refractivity contribution in [3.63, 3.8) is 0 Å². The first-order valence-electron chi connectivity index (χ1n) is 7.24. The van der Waals surface area contributed by atoms with Crippen molar-refractivity contribution in [1.82, 2.24) is 4.90 Å². The average molecular weight is 297 g/mol. The summed E-state index contributed by atoms with van der Waals surface area (Å²) in [4.78, 5) is 4.89. The number of benzene rings is 1. The molecule has 1 aromatic carbocycles. The number of hydrogen-bond acceptors (Lipinski definition) is 4. The van der Waals surface area contributed by atoms with E-state index in [9.17, 15) is 5.11 Å². The standard InChI is InChI=1S/C15H21ClN2O2/c16-13-1-2-15(12(9-13)11-19)18-4-3-14(10-18)17-5-7-20-8-6-17/h1-2,9,14,19H,3-8,10-11H2. The fourth-order valence-electron chi connectivity index (χ4n) is 3.19. The molecule has 0 aromatic heterocycles. The predicted octanol–water partition coefficient (Wildman–Crippen LogP) is 1.74. The molecule has 110 valence electrons. The van der Waals surface area contributed by atoms with Crippen LogP contribution in [0.15, 0.2) is 18.2 Å². The highest BCUT2D eigenvalue weighted by Gasteiger charge is 2.29. The molecule has 1 aromatic rings. The Kier molecular flexibility index (Phi) is 4.46. The minimum atomic E-state index is 0.0363. The monoisotopic (exact) mass is 296 g/mol. The molecule has 0 radical (unpaired) electrons. The van der Waals surface area contributed by atoms with E-state index >= 15 is 0 Å². The van der Waals surface area contributed by atoms with E-state index in [-0.39, 0.29) is 6.61 Å². The summed E-state index contributed by atoms with van der Waals surface area (Å²) in [7, 11) is 0. The van der Waals surface area contributed by atoms with Crippen molar-refractivity contribution < 1.29 is 9.84 Å². The lowest BCUT2D eigenvalue weighted by Crippen LogP contribution is -2.44. The summed E-state index contributed by atoms with van der Waals surface area (Å²) in [6.45, 7) is 5.86. The molecule has 5 heteroatoms. The summed E-state index contributed by atoms with van der Waals surface area (Å²) < 4.78 is 5.42. The Hall–Kier alpha value is -0.810. The number of rotatable bonds is 3. The van der Waals surface area contributed by atoms with Gasteiger partial charge >= 0.3 is 0 Å². The molecule has 0 bridgehead atoms. The number of hydrogen-bond donors (Lipinski definition) is 1. The SMILES string of the molecule is OCc1cc(Cl)ccc1N1CCC(N2CCOCC2)C1. The van der Waals surface area contributed by atoms with Gasteiger partial charge in [-0.2, -0.15) is 0 Å². The third-order valence-electron chi connectivity index (χ3n) is 4.28. The van der Waals surface area contributed by atoms with Crippen LogP contribution in [-0.4, -0.2) is 55.4 Å². The zero-order valence-electron chi connectivity index (χ0n) is 11.6. The van der Waals surface area contributed by atoms with E-state index in [1.165, 1.54) is 6.42 Å². The number of aliphatic hydroxyl groups excluding tert-OH is 1. The van der Waals surface area contributed by atoms with Crippen LogP contribution >= 0.6 is 11.6 Å². The van der Waals surface area contributed by atoms with Gasteiger partial charge in [-0.15, -0.1) is 0 Å². The highest BCUT2D eigenvalue weighted by molar-refractivity contribution is 6.30. The van der Waals surface area contributed by atoms with Gasteiger partial charge in [0, 0.05) is 48.5 Å². The van der Waals surface area contributed by atoms with Crippen LogP contribution in [0.25, 0.3) is 0 Å². The number of aliphatic hydroxyl groups is 1. The molecule has 0 aliphatic carbocycles. The summed E-state index contributed by atoms with van der Waals surface area (Å²) in [6, 6.07) is 6.38. The molecular weight excluding hydrogens is 276 g/mol. The molecule has 4 nitrogen and oxygen atoms in total. The molecule has 2 aliphatic heterocycles. The normalized spacial score (nSPS) is 24.3. The van der Waals surface area contributed by atoms with Crippen LogP contribution in [0.5, 0.6) is 0 Å². The summed E-state index contributed by atoms with van der Waals surface area (Å²) in [5.41, 5.74) is 2.03. The van der Waals surface area contributed by atoms with Crippen LogP contribution in [0.3, 0.4) is 0 Å². The van der Waals surface area contributed by atoms with Gasteiger partial charge in [-0.05, 0) is 24.6 Å². The van der Waals surface area contributed by atoms with Crippen LogP contribution in [0.2, 0.25) is 5.02 Å². The number of ether oxygens (including phenoxy) is 1. The highest BCUT2D eigenvalue weighted by atomic mass is 35.5. The zero-order chi connectivity index (χ0) is 13.9. The van der Waals surface area contributed by atoms with Gasteiger partial charge in [0.2, 0.25) is 0 Å². The molecule has 20 heavy (non-hydrogen) atoms. The van der Waals surface area contributed by atoms with Gasteiger partial charge in [0.25, 0.3) is 0 Å². The quantitative estimate of drug-likeness (QED) is 0.922. The highest BCUT2D eigenvalue weighted by Crippen LogP contribution is 2.29. The fraction of sp³-hybridized carbons (Fsp3) is 0.600. The van der Waals surface area contributed by atoms with E-state index in [4.69, 9.17) is 16.3 Å². The van der Waals surface area contributed by atoms with Crippen molar-refractivity contribution in [2.75, 3.05) is 44.3 Å². The van der Waals surface area contributed by atoms with Crippen molar-refractivity contribution in [1.29, 1.82) is 0 Å². The molecule has 2 fully saturated rings. The van der Waals surface area contributed by atoms with Crippen molar-refractivity contribution in [2.45, 2.75) is 19.1 Å². The van der Waals surface area contributed by atoms with Gasteiger partial charge in [0.15, 0.2) is 0 Å². The summed E-state index contributed by atoms with van der Waals surface area (Å²) >= 11 is 6.00. The van der Waals surface area contributed by atoms with Crippen LogP contribution in [-0.2, 0) is 11.3 Å². The Morgan fingerprint density at radius 2 is 2.05 bits per heavy atom. The zero-order valence-corrected chi connectivity index (χ0v) is 12.4. The Morgan fingerprint density at radius 1 is 1.25 bits per heavy atom. The van der Waals surface area contributed by atoms with Crippen LogP contribution in [0.4, 0.5) is 5.69 Å². The van der Waals surface area contributed by atoms with Crippen molar-refractivity contribution in [3.8, 4) is 0 Å². The number of morpholine rings is 1. The van der Waals surface area contributed by atoms with Gasteiger partial charge in [-0.3, -0.25) is 4.90 Å². The first kappa shape index (κ1) is 14.1. The van der Waals surface area contributed by atoms with E-state index in [0.717, 1.165) is 50.6 Å².